The number of carbonyl (C=O) groups is 1. The molecular weight excluding hydrogens is 338 g/mol. The fourth-order valence-electron chi connectivity index (χ4n) is 2.56. The number of carbonyl (C=O) groups excluding carboxylic acids is 1. The van der Waals surface area contributed by atoms with E-state index in [4.69, 9.17) is 15.1 Å². The molecule has 0 aliphatic rings. The highest BCUT2D eigenvalue weighted by Gasteiger charge is 2.11. The molecular formula is C22H19N3O2. The molecule has 3 rings (SSSR count). The summed E-state index contributed by atoms with van der Waals surface area (Å²) in [6.07, 6.45) is 4.05. The van der Waals surface area contributed by atoms with Gasteiger partial charge in [-0.05, 0) is 32.1 Å². The summed E-state index contributed by atoms with van der Waals surface area (Å²) in [4.78, 5) is 11.9. The number of benzene rings is 2. The van der Waals surface area contributed by atoms with E-state index in [2.05, 4.69) is 0 Å². The van der Waals surface area contributed by atoms with Crippen LogP contribution < -0.4 is 0 Å². The Morgan fingerprint density at radius 1 is 1.19 bits per heavy atom. The molecule has 0 fully saturated rings. The quantitative estimate of drug-likeness (QED) is 0.504. The first-order valence-corrected chi connectivity index (χ1v) is 8.57. The Morgan fingerprint density at radius 2 is 1.89 bits per heavy atom. The van der Waals surface area contributed by atoms with Gasteiger partial charge in [0.25, 0.3) is 0 Å². The van der Waals surface area contributed by atoms with Crippen LogP contribution in [0, 0.1) is 18.3 Å². The van der Waals surface area contributed by atoms with Gasteiger partial charge in [-0.1, -0.05) is 48.0 Å². The number of para-hydroxylation sites is 1. The van der Waals surface area contributed by atoms with Crippen molar-refractivity contribution < 1.29 is 9.53 Å². The van der Waals surface area contributed by atoms with Crippen LogP contribution in [0.1, 0.15) is 18.1 Å². The first kappa shape index (κ1) is 18.2. The van der Waals surface area contributed by atoms with E-state index in [0.29, 0.717) is 0 Å². The number of esters is 1. The zero-order valence-corrected chi connectivity index (χ0v) is 15.2. The summed E-state index contributed by atoms with van der Waals surface area (Å²) in [5.74, 6) is -0.564. The second kappa shape index (κ2) is 8.15. The molecule has 2 aromatic carbocycles. The van der Waals surface area contributed by atoms with Gasteiger partial charge in [0.2, 0.25) is 0 Å². The van der Waals surface area contributed by atoms with E-state index in [1.165, 1.54) is 13.0 Å². The van der Waals surface area contributed by atoms with E-state index < -0.39 is 12.1 Å². The molecule has 0 amide bonds. The van der Waals surface area contributed by atoms with Crippen LogP contribution in [0.15, 0.2) is 66.9 Å². The summed E-state index contributed by atoms with van der Waals surface area (Å²) >= 11 is 0. The van der Waals surface area contributed by atoms with Crippen LogP contribution in [-0.2, 0) is 9.53 Å². The molecule has 27 heavy (non-hydrogen) atoms. The van der Waals surface area contributed by atoms with Gasteiger partial charge in [0, 0.05) is 23.4 Å². The average molecular weight is 357 g/mol. The topological polar surface area (TPSA) is 67.9 Å². The number of nitrogens with zero attached hydrogens (tertiary/aromatic N) is 3. The lowest BCUT2D eigenvalue weighted by Gasteiger charge is -2.02. The van der Waals surface area contributed by atoms with E-state index in [1.807, 2.05) is 73.8 Å². The lowest BCUT2D eigenvalue weighted by Crippen LogP contribution is -2.10. The zero-order valence-electron chi connectivity index (χ0n) is 15.2. The van der Waals surface area contributed by atoms with Gasteiger partial charge in [-0.3, -0.25) is 0 Å². The average Bonchev–Trinajstić information content (AvgIpc) is 3.12. The van der Waals surface area contributed by atoms with Crippen LogP contribution in [0.25, 0.3) is 23.0 Å². The maximum absolute atomic E-state index is 11.9. The molecule has 1 heterocycles. The summed E-state index contributed by atoms with van der Waals surface area (Å²) in [5.41, 5.74) is 4.58. The summed E-state index contributed by atoms with van der Waals surface area (Å²) in [6.45, 7) is 3.55. The predicted octanol–water partition coefficient (Wildman–Crippen LogP) is 4.32. The van der Waals surface area contributed by atoms with E-state index in [1.54, 1.807) is 10.8 Å². The molecule has 0 N–H and O–H groups in total. The van der Waals surface area contributed by atoms with Gasteiger partial charge < -0.3 is 4.74 Å². The van der Waals surface area contributed by atoms with Crippen molar-refractivity contribution in [3.05, 3.63) is 78.0 Å². The fraction of sp³-hybridized carbons (Fsp3) is 0.136. The third-order valence-corrected chi connectivity index (χ3v) is 3.96. The largest absolute Gasteiger partial charge is 0.444 e. The van der Waals surface area contributed by atoms with Crippen LogP contribution >= 0.6 is 0 Å². The van der Waals surface area contributed by atoms with E-state index in [0.717, 1.165) is 28.1 Å². The maximum atomic E-state index is 11.9. The van der Waals surface area contributed by atoms with Crippen molar-refractivity contribution in [3.63, 3.8) is 0 Å². The van der Waals surface area contributed by atoms with Crippen molar-refractivity contribution >= 4 is 12.0 Å². The maximum Gasteiger partial charge on any atom is 0.332 e. The monoisotopic (exact) mass is 357 g/mol. The Balaban J connectivity index is 1.98. The summed E-state index contributed by atoms with van der Waals surface area (Å²) < 4.78 is 6.74. The van der Waals surface area contributed by atoms with Gasteiger partial charge in [0.15, 0.2) is 6.10 Å². The lowest BCUT2D eigenvalue weighted by molar-refractivity contribution is -0.139. The normalized spacial score (nSPS) is 11.9. The number of nitriles is 1. The molecule has 0 saturated carbocycles. The molecule has 0 unspecified atom stereocenters. The van der Waals surface area contributed by atoms with Crippen molar-refractivity contribution in [2.75, 3.05) is 0 Å². The van der Waals surface area contributed by atoms with Gasteiger partial charge in [-0.15, -0.1) is 0 Å². The highest BCUT2D eigenvalue weighted by molar-refractivity contribution is 5.89. The van der Waals surface area contributed by atoms with Gasteiger partial charge >= 0.3 is 5.97 Å². The molecule has 0 spiro atoms. The van der Waals surface area contributed by atoms with E-state index >= 15 is 0 Å². The Bertz CT molecular complexity index is 996. The summed E-state index contributed by atoms with van der Waals surface area (Å²) in [5, 5.41) is 13.4. The third-order valence-electron chi connectivity index (χ3n) is 3.96. The molecule has 0 saturated heterocycles. The van der Waals surface area contributed by atoms with Gasteiger partial charge in [-0.25, -0.2) is 9.48 Å². The highest BCUT2D eigenvalue weighted by atomic mass is 16.5. The Labute approximate surface area is 158 Å². The van der Waals surface area contributed by atoms with Crippen molar-refractivity contribution in [2.24, 2.45) is 0 Å². The van der Waals surface area contributed by atoms with Crippen molar-refractivity contribution in [3.8, 4) is 23.0 Å². The van der Waals surface area contributed by atoms with Gasteiger partial charge in [-0.2, -0.15) is 10.4 Å². The van der Waals surface area contributed by atoms with Crippen LogP contribution in [0.2, 0.25) is 0 Å². The first-order chi connectivity index (χ1) is 13.1. The smallest absolute Gasteiger partial charge is 0.332 e. The molecule has 1 atom stereocenters. The Hall–Kier alpha value is -3.65. The second-order valence-corrected chi connectivity index (χ2v) is 6.12. The molecule has 0 aliphatic carbocycles. The molecule has 134 valence electrons. The third kappa shape index (κ3) is 4.50. The van der Waals surface area contributed by atoms with Crippen LogP contribution in [0.5, 0.6) is 0 Å². The molecule has 0 radical (unpaired) electrons. The van der Waals surface area contributed by atoms with Crippen LogP contribution in [0.3, 0.4) is 0 Å². The Kier molecular flexibility index (Phi) is 5.48. The van der Waals surface area contributed by atoms with Gasteiger partial charge in [0.1, 0.15) is 6.07 Å². The minimum absolute atomic E-state index is 0.564. The molecule has 5 nitrogen and oxygen atoms in total. The van der Waals surface area contributed by atoms with E-state index in [9.17, 15) is 4.79 Å². The lowest BCUT2D eigenvalue weighted by atomic mass is 10.1. The highest BCUT2D eigenvalue weighted by Crippen LogP contribution is 2.25. The number of hydrogen-bond acceptors (Lipinski definition) is 4. The number of hydrogen-bond donors (Lipinski definition) is 0. The summed E-state index contributed by atoms with van der Waals surface area (Å²) in [7, 11) is 0. The fourth-order valence-corrected chi connectivity index (χ4v) is 2.56. The number of aromatic nitrogens is 2. The first-order valence-electron chi connectivity index (χ1n) is 8.57. The Morgan fingerprint density at radius 3 is 2.56 bits per heavy atom. The van der Waals surface area contributed by atoms with E-state index in [-0.39, 0.29) is 0 Å². The van der Waals surface area contributed by atoms with Gasteiger partial charge in [0.05, 0.1) is 11.4 Å². The zero-order chi connectivity index (χ0) is 19.2. The number of rotatable bonds is 5. The molecule has 0 aliphatic heterocycles. The molecule has 5 heteroatoms. The molecule has 1 aromatic heterocycles. The number of aryl methyl sites for hydroxylation is 1. The van der Waals surface area contributed by atoms with Crippen LogP contribution in [-0.4, -0.2) is 21.9 Å². The standard InChI is InChI=1S/C22H19N3O2/c1-16-8-10-18(11-9-16)22-19(12-13-21(26)27-17(2)14-23)15-25(24-22)20-6-4-3-5-7-20/h3-13,15,17H,1-2H3/b13-12+/t17-/m1/s1. The number of ether oxygens (including phenoxy) is 1. The summed E-state index contributed by atoms with van der Waals surface area (Å²) in [6, 6.07) is 19.7. The predicted molar refractivity (Wildman–Crippen MR) is 104 cm³/mol. The van der Waals surface area contributed by atoms with Crippen molar-refractivity contribution in [2.45, 2.75) is 20.0 Å². The molecule has 3 aromatic rings. The molecule has 0 bridgehead atoms. The SMILES string of the molecule is Cc1ccc(-c2nn(-c3ccccc3)cc2/C=C/C(=O)O[C@H](C)C#N)cc1. The minimum atomic E-state index is -0.786. The second-order valence-electron chi connectivity index (χ2n) is 6.12. The van der Waals surface area contributed by atoms with Crippen molar-refractivity contribution in [1.82, 2.24) is 9.78 Å². The van der Waals surface area contributed by atoms with Crippen LogP contribution in [0.4, 0.5) is 0 Å². The van der Waals surface area contributed by atoms with Crippen molar-refractivity contribution in [1.29, 1.82) is 5.26 Å². The minimum Gasteiger partial charge on any atom is -0.444 e.